The van der Waals surface area contributed by atoms with Crippen molar-refractivity contribution in [1.82, 2.24) is 5.32 Å². The third-order valence-corrected chi connectivity index (χ3v) is 3.49. The van der Waals surface area contributed by atoms with Gasteiger partial charge >= 0.3 is 0 Å². The highest BCUT2D eigenvalue weighted by atomic mass is 16.3. The zero-order valence-corrected chi connectivity index (χ0v) is 12.3. The number of rotatable bonds is 5. The van der Waals surface area contributed by atoms with Crippen molar-refractivity contribution in [3.8, 4) is 0 Å². The Morgan fingerprint density at radius 2 is 1.95 bits per heavy atom. The van der Waals surface area contributed by atoms with Gasteiger partial charge in [-0.15, -0.1) is 0 Å². The molecule has 0 fully saturated rings. The smallest absolute Gasteiger partial charge is 0.105 e. The highest BCUT2D eigenvalue weighted by molar-refractivity contribution is 5.24. The van der Waals surface area contributed by atoms with E-state index < -0.39 is 0 Å². The lowest BCUT2D eigenvalue weighted by Gasteiger charge is -2.13. The van der Waals surface area contributed by atoms with E-state index >= 15 is 0 Å². The second-order valence-electron chi connectivity index (χ2n) is 5.28. The highest BCUT2D eigenvalue weighted by Gasteiger charge is 2.11. The molecule has 0 aliphatic rings. The average Bonchev–Trinajstić information content (AvgIpc) is 2.68. The molecule has 0 saturated carbocycles. The SMILES string of the molecule is Cc1cccc(CCNC(C)c2cc(C)oc2C)c1. The van der Waals surface area contributed by atoms with Gasteiger partial charge in [-0.2, -0.15) is 0 Å². The maximum Gasteiger partial charge on any atom is 0.105 e. The van der Waals surface area contributed by atoms with Crippen LogP contribution in [0.1, 0.15) is 41.2 Å². The monoisotopic (exact) mass is 257 g/mol. The summed E-state index contributed by atoms with van der Waals surface area (Å²) in [6, 6.07) is 11.2. The summed E-state index contributed by atoms with van der Waals surface area (Å²) in [4.78, 5) is 0. The Kier molecular flexibility index (Phi) is 4.43. The Labute approximate surface area is 115 Å². The summed E-state index contributed by atoms with van der Waals surface area (Å²) < 4.78 is 5.58. The van der Waals surface area contributed by atoms with Crippen LogP contribution in [0.3, 0.4) is 0 Å². The first-order valence-corrected chi connectivity index (χ1v) is 6.92. The van der Waals surface area contributed by atoms with Crippen molar-refractivity contribution < 1.29 is 4.42 Å². The van der Waals surface area contributed by atoms with Crippen molar-refractivity contribution in [3.63, 3.8) is 0 Å². The van der Waals surface area contributed by atoms with E-state index in [-0.39, 0.29) is 0 Å². The molecule has 2 rings (SSSR count). The Morgan fingerprint density at radius 3 is 2.58 bits per heavy atom. The third-order valence-electron chi connectivity index (χ3n) is 3.49. The van der Waals surface area contributed by atoms with Crippen LogP contribution in [0.4, 0.5) is 0 Å². The second-order valence-corrected chi connectivity index (χ2v) is 5.28. The van der Waals surface area contributed by atoms with E-state index in [2.05, 4.69) is 49.5 Å². The molecule has 0 saturated heterocycles. The fourth-order valence-electron chi connectivity index (χ4n) is 2.49. The zero-order valence-electron chi connectivity index (χ0n) is 12.3. The normalized spacial score (nSPS) is 12.6. The van der Waals surface area contributed by atoms with Crippen molar-refractivity contribution in [2.45, 2.75) is 40.2 Å². The molecule has 1 N–H and O–H groups in total. The van der Waals surface area contributed by atoms with Crippen LogP contribution in [-0.4, -0.2) is 6.54 Å². The van der Waals surface area contributed by atoms with Gasteiger partial charge in [0.1, 0.15) is 11.5 Å². The lowest BCUT2D eigenvalue weighted by molar-refractivity contribution is 0.490. The van der Waals surface area contributed by atoms with Crippen molar-refractivity contribution in [1.29, 1.82) is 0 Å². The lowest BCUT2D eigenvalue weighted by atomic mass is 10.1. The standard InChI is InChI=1S/C17H23NO/c1-12-6-5-7-16(10-12)8-9-18-14(3)17-11-13(2)19-15(17)4/h5-7,10-11,14,18H,8-9H2,1-4H3. The van der Waals surface area contributed by atoms with Crippen LogP contribution in [-0.2, 0) is 6.42 Å². The van der Waals surface area contributed by atoms with E-state index in [4.69, 9.17) is 4.42 Å². The van der Waals surface area contributed by atoms with Gasteiger partial charge < -0.3 is 9.73 Å². The second kappa shape index (κ2) is 6.07. The molecule has 19 heavy (non-hydrogen) atoms. The summed E-state index contributed by atoms with van der Waals surface area (Å²) >= 11 is 0. The van der Waals surface area contributed by atoms with E-state index in [0.29, 0.717) is 6.04 Å². The van der Waals surface area contributed by atoms with Gasteiger partial charge in [0.05, 0.1) is 0 Å². The minimum Gasteiger partial charge on any atom is -0.466 e. The van der Waals surface area contributed by atoms with Gasteiger partial charge in [0, 0.05) is 11.6 Å². The molecule has 1 atom stereocenters. The number of hydrogen-bond donors (Lipinski definition) is 1. The summed E-state index contributed by atoms with van der Waals surface area (Å²) in [5.74, 6) is 2.01. The molecule has 0 bridgehead atoms. The Hall–Kier alpha value is -1.54. The van der Waals surface area contributed by atoms with Gasteiger partial charge in [-0.3, -0.25) is 0 Å². The summed E-state index contributed by atoms with van der Waals surface area (Å²) in [6.45, 7) is 9.33. The summed E-state index contributed by atoms with van der Waals surface area (Å²) in [5, 5.41) is 3.56. The predicted octanol–water partition coefficient (Wildman–Crippen LogP) is 4.10. The summed E-state index contributed by atoms with van der Waals surface area (Å²) in [5.41, 5.74) is 3.98. The number of furan rings is 1. The molecule has 1 heterocycles. The largest absolute Gasteiger partial charge is 0.466 e. The quantitative estimate of drug-likeness (QED) is 0.872. The van der Waals surface area contributed by atoms with E-state index in [9.17, 15) is 0 Å². The van der Waals surface area contributed by atoms with Crippen LogP contribution in [0.5, 0.6) is 0 Å². The maximum absolute atomic E-state index is 5.58. The molecule has 0 aliphatic carbocycles. The van der Waals surface area contributed by atoms with Gasteiger partial charge in [-0.25, -0.2) is 0 Å². The fourth-order valence-corrected chi connectivity index (χ4v) is 2.49. The molecule has 2 nitrogen and oxygen atoms in total. The molecule has 2 aromatic rings. The van der Waals surface area contributed by atoms with E-state index in [1.807, 2.05) is 13.8 Å². The van der Waals surface area contributed by atoms with Crippen LogP contribution in [0.15, 0.2) is 34.7 Å². The first kappa shape index (κ1) is 13.9. The molecule has 0 amide bonds. The topological polar surface area (TPSA) is 25.2 Å². The van der Waals surface area contributed by atoms with Crippen LogP contribution in [0, 0.1) is 20.8 Å². The van der Waals surface area contributed by atoms with Crippen molar-refractivity contribution in [2.24, 2.45) is 0 Å². The van der Waals surface area contributed by atoms with Crippen molar-refractivity contribution >= 4 is 0 Å². The number of hydrogen-bond acceptors (Lipinski definition) is 2. The van der Waals surface area contributed by atoms with E-state index in [1.54, 1.807) is 0 Å². The van der Waals surface area contributed by atoms with Gasteiger partial charge in [0.25, 0.3) is 0 Å². The first-order valence-electron chi connectivity index (χ1n) is 6.92. The molecule has 2 heteroatoms. The molecular weight excluding hydrogens is 234 g/mol. The lowest BCUT2D eigenvalue weighted by Crippen LogP contribution is -2.21. The molecule has 0 aliphatic heterocycles. The van der Waals surface area contributed by atoms with Gasteiger partial charge in [-0.1, -0.05) is 29.8 Å². The Balaban J connectivity index is 1.87. The summed E-state index contributed by atoms with van der Waals surface area (Å²) in [6.07, 6.45) is 1.06. The third kappa shape index (κ3) is 3.71. The van der Waals surface area contributed by atoms with Crippen LogP contribution >= 0.6 is 0 Å². The highest BCUT2D eigenvalue weighted by Crippen LogP contribution is 2.21. The van der Waals surface area contributed by atoms with Crippen LogP contribution in [0.25, 0.3) is 0 Å². The maximum atomic E-state index is 5.58. The number of benzene rings is 1. The molecule has 1 aromatic heterocycles. The molecule has 0 radical (unpaired) electrons. The first-order chi connectivity index (χ1) is 9.06. The predicted molar refractivity (Wildman–Crippen MR) is 79.5 cm³/mol. The van der Waals surface area contributed by atoms with Crippen LogP contribution in [0.2, 0.25) is 0 Å². The van der Waals surface area contributed by atoms with Gasteiger partial charge in [-0.05, 0) is 52.3 Å². The minimum atomic E-state index is 0.335. The Bertz CT molecular complexity index is 542. The summed E-state index contributed by atoms with van der Waals surface area (Å²) in [7, 11) is 0. The number of nitrogens with one attached hydrogen (secondary N) is 1. The average molecular weight is 257 g/mol. The number of aryl methyl sites for hydroxylation is 3. The molecule has 1 unspecified atom stereocenters. The van der Waals surface area contributed by atoms with E-state index in [0.717, 1.165) is 24.5 Å². The zero-order chi connectivity index (χ0) is 13.8. The van der Waals surface area contributed by atoms with Gasteiger partial charge in [0.2, 0.25) is 0 Å². The molecule has 1 aromatic carbocycles. The minimum absolute atomic E-state index is 0.335. The van der Waals surface area contributed by atoms with E-state index in [1.165, 1.54) is 16.7 Å². The van der Waals surface area contributed by atoms with Gasteiger partial charge in [0.15, 0.2) is 0 Å². The molecular formula is C17H23NO. The van der Waals surface area contributed by atoms with Crippen molar-refractivity contribution in [2.75, 3.05) is 6.54 Å². The molecule has 102 valence electrons. The Morgan fingerprint density at radius 1 is 1.16 bits per heavy atom. The fraction of sp³-hybridized carbons (Fsp3) is 0.412. The van der Waals surface area contributed by atoms with Crippen molar-refractivity contribution in [3.05, 3.63) is 58.5 Å². The molecule has 0 spiro atoms. The van der Waals surface area contributed by atoms with Crippen LogP contribution < -0.4 is 5.32 Å².